The minimum atomic E-state index is -0.312. The van der Waals surface area contributed by atoms with E-state index in [9.17, 15) is 9.90 Å². The Morgan fingerprint density at radius 2 is 1.90 bits per heavy atom. The van der Waals surface area contributed by atoms with Gasteiger partial charge in [0.2, 0.25) is 0 Å². The smallest absolute Gasteiger partial charge is 0.337 e. The Kier molecular flexibility index (Phi) is 9.13. The molecule has 2 aromatic rings. The van der Waals surface area contributed by atoms with Gasteiger partial charge in [-0.15, -0.1) is 0 Å². The lowest BCUT2D eigenvalue weighted by Gasteiger charge is -2.35. The fourth-order valence-electron chi connectivity index (χ4n) is 4.20. The first-order chi connectivity index (χ1) is 14.5. The Morgan fingerprint density at radius 1 is 1.17 bits per heavy atom. The highest BCUT2D eigenvalue weighted by molar-refractivity contribution is 5.90. The molecule has 1 aliphatic carbocycles. The van der Waals surface area contributed by atoms with Crippen molar-refractivity contribution in [2.45, 2.75) is 39.0 Å². The molecule has 2 atom stereocenters. The molecule has 4 heteroatoms. The summed E-state index contributed by atoms with van der Waals surface area (Å²) in [6.07, 6.45) is 5.33. The van der Waals surface area contributed by atoms with Crippen LogP contribution in [0.5, 0.6) is 5.75 Å². The van der Waals surface area contributed by atoms with Gasteiger partial charge in [-0.25, -0.2) is 4.79 Å². The summed E-state index contributed by atoms with van der Waals surface area (Å²) in [6.45, 7) is 5.03. The van der Waals surface area contributed by atoms with Crippen molar-refractivity contribution in [3.63, 3.8) is 0 Å². The van der Waals surface area contributed by atoms with E-state index in [1.54, 1.807) is 12.1 Å². The molecular weight excluding hydrogens is 374 g/mol. The zero-order valence-electron chi connectivity index (χ0n) is 18.9. The van der Waals surface area contributed by atoms with Crippen LogP contribution in [0, 0.1) is 5.92 Å². The van der Waals surface area contributed by atoms with E-state index < -0.39 is 0 Å². The quantitative estimate of drug-likeness (QED) is 0.640. The van der Waals surface area contributed by atoms with Crippen LogP contribution in [0.25, 0.3) is 6.08 Å². The highest BCUT2D eigenvalue weighted by atomic mass is 16.5. The van der Waals surface area contributed by atoms with Crippen molar-refractivity contribution in [3.8, 4) is 5.75 Å². The lowest BCUT2D eigenvalue weighted by molar-refractivity contribution is 0.0600. The first kappa shape index (κ1) is 23.7. The maximum absolute atomic E-state index is 11.8. The summed E-state index contributed by atoms with van der Waals surface area (Å²) in [4.78, 5) is 14.0. The number of methoxy groups -OCH3 is 1. The average Bonchev–Trinajstić information content (AvgIpc) is 2.75. The third-order valence-corrected chi connectivity index (χ3v) is 5.46. The van der Waals surface area contributed by atoms with Gasteiger partial charge in [0.05, 0.1) is 12.7 Å². The predicted molar refractivity (Wildman–Crippen MR) is 124 cm³/mol. The molecule has 162 valence electrons. The number of phenolic OH excluding ortho intramolecular Hbond substituents is 1. The summed E-state index contributed by atoms with van der Waals surface area (Å²) < 4.78 is 4.83. The van der Waals surface area contributed by atoms with Gasteiger partial charge in [0.1, 0.15) is 5.75 Å². The average molecular weight is 410 g/mol. The summed E-state index contributed by atoms with van der Waals surface area (Å²) in [5.74, 6) is 0.934. The summed E-state index contributed by atoms with van der Waals surface area (Å²) in [5.41, 5.74) is 4.17. The molecule has 1 fully saturated rings. The molecule has 0 heterocycles. The third kappa shape index (κ3) is 6.46. The highest BCUT2D eigenvalue weighted by Crippen LogP contribution is 2.42. The molecule has 4 nitrogen and oxygen atoms in total. The third-order valence-electron chi connectivity index (χ3n) is 5.46. The van der Waals surface area contributed by atoms with Crippen molar-refractivity contribution in [1.82, 2.24) is 4.90 Å². The van der Waals surface area contributed by atoms with Crippen molar-refractivity contribution in [2.75, 3.05) is 27.7 Å². The van der Waals surface area contributed by atoms with Gasteiger partial charge in [0.25, 0.3) is 0 Å². The number of benzene rings is 2. The Hall–Kier alpha value is -2.59. The number of esters is 1. The standard InChI is InChI=1S/C24H29NO3.C2H6/c1-25(2)16-21-11-10-18(14-23(21)19-7-5-9-22(26)15-19)12-17-6-4-8-20(13-17)24(27)28-3;1-2/h4-9,12-13,15,21,23,26H,10-11,14,16H2,1-3H3;1-2H3/b18-12-;. The molecule has 1 N–H and O–H groups in total. The van der Waals surface area contributed by atoms with Gasteiger partial charge in [-0.2, -0.15) is 0 Å². The first-order valence-electron chi connectivity index (χ1n) is 10.8. The topological polar surface area (TPSA) is 49.8 Å². The van der Waals surface area contributed by atoms with Crippen LogP contribution in [-0.2, 0) is 4.74 Å². The van der Waals surface area contributed by atoms with Crippen LogP contribution in [0.3, 0.4) is 0 Å². The Labute approximate surface area is 181 Å². The monoisotopic (exact) mass is 409 g/mol. The number of carbonyl (C=O) groups is 1. The van der Waals surface area contributed by atoms with E-state index >= 15 is 0 Å². The van der Waals surface area contributed by atoms with Crippen molar-refractivity contribution in [1.29, 1.82) is 0 Å². The van der Waals surface area contributed by atoms with E-state index in [0.29, 0.717) is 23.1 Å². The molecule has 1 saturated carbocycles. The van der Waals surface area contributed by atoms with Crippen LogP contribution in [0.4, 0.5) is 0 Å². The molecule has 0 spiro atoms. The van der Waals surface area contributed by atoms with Crippen LogP contribution in [0.2, 0.25) is 0 Å². The van der Waals surface area contributed by atoms with Crippen molar-refractivity contribution in [3.05, 3.63) is 70.8 Å². The first-order valence-corrected chi connectivity index (χ1v) is 10.8. The number of phenols is 1. The molecule has 2 unspecified atom stereocenters. The van der Waals surface area contributed by atoms with Crippen molar-refractivity contribution >= 4 is 12.0 Å². The Balaban J connectivity index is 0.00000155. The summed E-state index contributed by atoms with van der Waals surface area (Å²) in [5, 5.41) is 9.95. The van der Waals surface area contributed by atoms with Gasteiger partial charge in [-0.05, 0) is 80.6 Å². The molecule has 0 saturated heterocycles. The Bertz CT molecular complexity index is 857. The lowest BCUT2D eigenvalue weighted by Crippen LogP contribution is -2.29. The molecule has 0 aromatic heterocycles. The number of allylic oxidation sites excluding steroid dienone is 1. The molecule has 0 amide bonds. The molecule has 0 radical (unpaired) electrons. The van der Waals surface area contributed by atoms with Crippen LogP contribution in [0.1, 0.15) is 60.5 Å². The number of rotatable bonds is 5. The summed E-state index contributed by atoms with van der Waals surface area (Å²) in [7, 11) is 5.63. The zero-order valence-corrected chi connectivity index (χ0v) is 18.9. The summed E-state index contributed by atoms with van der Waals surface area (Å²) >= 11 is 0. The molecule has 1 aliphatic rings. The van der Waals surface area contributed by atoms with E-state index in [1.165, 1.54) is 18.2 Å². The summed E-state index contributed by atoms with van der Waals surface area (Å²) in [6, 6.07) is 15.2. The molecule has 30 heavy (non-hydrogen) atoms. The normalized spacial score (nSPS) is 19.9. The van der Waals surface area contributed by atoms with E-state index in [0.717, 1.165) is 31.4 Å². The number of hydrogen-bond acceptors (Lipinski definition) is 4. The second-order valence-electron chi connectivity index (χ2n) is 7.89. The Morgan fingerprint density at radius 3 is 2.57 bits per heavy atom. The minimum Gasteiger partial charge on any atom is -0.508 e. The number of ether oxygens (including phenoxy) is 1. The molecular formula is C26H35NO3. The molecule has 0 aliphatic heterocycles. The zero-order chi connectivity index (χ0) is 22.1. The molecule has 0 bridgehead atoms. The van der Waals surface area contributed by atoms with Crippen LogP contribution < -0.4 is 0 Å². The van der Waals surface area contributed by atoms with Crippen LogP contribution in [0.15, 0.2) is 54.1 Å². The van der Waals surface area contributed by atoms with Crippen LogP contribution >= 0.6 is 0 Å². The number of carbonyl (C=O) groups excluding carboxylic acids is 1. The predicted octanol–water partition coefficient (Wildman–Crippen LogP) is 5.73. The maximum atomic E-state index is 11.8. The fourth-order valence-corrected chi connectivity index (χ4v) is 4.20. The minimum absolute atomic E-state index is 0.312. The second-order valence-corrected chi connectivity index (χ2v) is 7.89. The number of nitrogens with zero attached hydrogens (tertiary/aromatic N) is 1. The van der Waals surface area contributed by atoms with Crippen LogP contribution in [-0.4, -0.2) is 43.7 Å². The van der Waals surface area contributed by atoms with E-state index in [1.807, 2.05) is 44.2 Å². The highest BCUT2D eigenvalue weighted by Gasteiger charge is 2.29. The fraction of sp³-hybridized carbons (Fsp3) is 0.423. The maximum Gasteiger partial charge on any atom is 0.337 e. The van der Waals surface area contributed by atoms with Crippen molar-refractivity contribution < 1.29 is 14.6 Å². The van der Waals surface area contributed by atoms with Gasteiger partial charge in [-0.1, -0.05) is 49.8 Å². The lowest BCUT2D eigenvalue weighted by atomic mass is 9.73. The van der Waals surface area contributed by atoms with Gasteiger partial charge < -0.3 is 14.7 Å². The van der Waals surface area contributed by atoms with E-state index in [-0.39, 0.29) is 5.97 Å². The molecule has 3 rings (SSSR count). The van der Waals surface area contributed by atoms with Gasteiger partial charge >= 0.3 is 5.97 Å². The van der Waals surface area contributed by atoms with E-state index in [2.05, 4.69) is 31.1 Å². The number of aromatic hydroxyl groups is 1. The van der Waals surface area contributed by atoms with Gasteiger partial charge in [-0.3, -0.25) is 0 Å². The van der Waals surface area contributed by atoms with Gasteiger partial charge in [0.15, 0.2) is 0 Å². The SMILES string of the molecule is CC.COC(=O)c1cccc(/C=C2/CCC(CN(C)C)C(c3cccc(O)c3)C2)c1. The second kappa shape index (κ2) is 11.6. The molecule has 2 aromatic carbocycles. The number of hydrogen-bond donors (Lipinski definition) is 1. The van der Waals surface area contributed by atoms with E-state index in [4.69, 9.17) is 4.74 Å². The largest absolute Gasteiger partial charge is 0.508 e. The van der Waals surface area contributed by atoms with Crippen molar-refractivity contribution in [2.24, 2.45) is 5.92 Å². The van der Waals surface area contributed by atoms with Gasteiger partial charge in [0, 0.05) is 6.54 Å².